The largest absolute Gasteiger partial charge is 0.480 e. The second kappa shape index (κ2) is 18.1. The zero-order valence-corrected chi connectivity index (χ0v) is 21.8. The third kappa shape index (κ3) is 15.6. The van der Waals surface area contributed by atoms with E-state index in [4.69, 9.17) is 34.4 Å². The van der Waals surface area contributed by atoms with Gasteiger partial charge in [0.1, 0.15) is 18.1 Å². The van der Waals surface area contributed by atoms with Crippen molar-refractivity contribution in [3.8, 4) is 0 Å². The summed E-state index contributed by atoms with van der Waals surface area (Å²) in [6.07, 6.45) is -1.24. The number of guanidine groups is 2. The molecule has 0 aromatic heterocycles. The molecule has 0 rings (SSSR count). The fraction of sp³-hybridized carbons (Fsp3) is 0.667. The van der Waals surface area contributed by atoms with Crippen LogP contribution in [0, 0.1) is 0 Å². The van der Waals surface area contributed by atoms with Gasteiger partial charge in [-0.2, -0.15) is 0 Å². The Balaban J connectivity index is 5.51. The normalized spacial score (nSPS) is 14.4. The van der Waals surface area contributed by atoms with Crippen LogP contribution in [0.25, 0.3) is 0 Å². The fourth-order valence-electron chi connectivity index (χ4n) is 3.16. The van der Waals surface area contributed by atoms with Crippen molar-refractivity contribution in [2.24, 2.45) is 44.4 Å². The Kier molecular flexibility index (Phi) is 16.2. The first-order chi connectivity index (χ1) is 18.1. The van der Waals surface area contributed by atoms with Gasteiger partial charge in [-0.1, -0.05) is 0 Å². The molecule has 17 N–H and O–H groups in total. The summed E-state index contributed by atoms with van der Waals surface area (Å²) in [5.41, 5.74) is 31.9. The minimum absolute atomic E-state index is 0.00752. The predicted octanol–water partition coefficient (Wildman–Crippen LogP) is -5.39. The lowest BCUT2D eigenvalue weighted by molar-refractivity contribution is -0.143. The molecule has 0 saturated heterocycles. The van der Waals surface area contributed by atoms with Crippen LogP contribution in [0.4, 0.5) is 0 Å². The summed E-state index contributed by atoms with van der Waals surface area (Å²) in [5.74, 6) is -4.96. The van der Waals surface area contributed by atoms with Gasteiger partial charge >= 0.3 is 5.97 Å². The molecular weight excluding hydrogens is 518 g/mol. The molecule has 0 radical (unpaired) electrons. The lowest BCUT2D eigenvalue weighted by Gasteiger charge is -2.26. The van der Waals surface area contributed by atoms with Gasteiger partial charge in [0, 0.05) is 19.5 Å². The summed E-state index contributed by atoms with van der Waals surface area (Å²) >= 11 is 0. The second-order valence-electron chi connectivity index (χ2n) is 8.70. The van der Waals surface area contributed by atoms with E-state index >= 15 is 0 Å². The highest BCUT2D eigenvalue weighted by Crippen LogP contribution is 2.05. The van der Waals surface area contributed by atoms with Crippen LogP contribution in [-0.2, 0) is 24.0 Å². The van der Waals surface area contributed by atoms with Gasteiger partial charge in [-0.25, -0.2) is 4.79 Å². The zero-order chi connectivity index (χ0) is 30.1. The molecule has 0 aliphatic heterocycles. The van der Waals surface area contributed by atoms with Crippen LogP contribution in [0.1, 0.15) is 45.4 Å². The maximum absolute atomic E-state index is 13.0. The number of rotatable bonds is 19. The lowest BCUT2D eigenvalue weighted by Crippen LogP contribution is -2.59. The number of primary amides is 1. The number of carboxylic acid groups (broad SMARTS) is 1. The topological polar surface area (TPSA) is 343 Å². The molecule has 0 saturated carbocycles. The number of carboxylic acids is 1. The Labute approximate surface area is 225 Å². The van der Waals surface area contributed by atoms with Crippen molar-refractivity contribution in [1.82, 2.24) is 16.0 Å². The molecular formula is C21H41N11O7. The van der Waals surface area contributed by atoms with E-state index in [2.05, 4.69) is 25.9 Å². The standard InChI is InChI=1S/C21H41N11O7/c1-10(33)15(18(37)31-13(19(38)39)5-3-9-29-21(26)27)32-17(36)12(4-2-8-28-20(24)25)30-16(35)11(22)6-7-14(23)34/h10-13,15,33H,2-9,22H2,1H3,(H2,23,34)(H,30,35)(H,31,37)(H,32,36)(H,38,39)(H4,24,25,28)(H4,26,27,29). The number of aliphatic imine (C=N–C) groups is 2. The summed E-state index contributed by atoms with van der Waals surface area (Å²) in [6, 6.07) is -5.33. The molecule has 0 fully saturated rings. The molecule has 0 aliphatic carbocycles. The minimum Gasteiger partial charge on any atom is -0.480 e. The Morgan fingerprint density at radius 1 is 0.744 bits per heavy atom. The average Bonchev–Trinajstić information content (AvgIpc) is 2.83. The van der Waals surface area contributed by atoms with E-state index in [0.29, 0.717) is 0 Å². The molecule has 5 unspecified atom stereocenters. The number of aliphatic carboxylic acids is 1. The van der Waals surface area contributed by atoms with E-state index < -0.39 is 59.9 Å². The molecule has 0 bridgehead atoms. The molecule has 5 atom stereocenters. The summed E-state index contributed by atoms with van der Waals surface area (Å²) in [5, 5.41) is 26.6. The first kappa shape index (κ1) is 34.8. The van der Waals surface area contributed by atoms with E-state index in [1.54, 1.807) is 0 Å². The first-order valence-corrected chi connectivity index (χ1v) is 12.1. The van der Waals surface area contributed by atoms with Crippen molar-refractivity contribution < 1.29 is 34.2 Å². The predicted molar refractivity (Wildman–Crippen MR) is 141 cm³/mol. The molecule has 18 heteroatoms. The van der Waals surface area contributed by atoms with E-state index in [1.807, 2.05) is 0 Å². The SMILES string of the molecule is CC(O)C(NC(=O)C(CCCN=C(N)N)NC(=O)C(N)CCC(N)=O)C(=O)NC(CCCN=C(N)N)C(=O)O. The van der Waals surface area contributed by atoms with Gasteiger partial charge in [-0.05, 0) is 39.0 Å². The Hall–Kier alpha value is -4.19. The van der Waals surface area contributed by atoms with Gasteiger partial charge in [0.05, 0.1) is 12.1 Å². The van der Waals surface area contributed by atoms with Crippen LogP contribution in [0.15, 0.2) is 9.98 Å². The number of nitrogens with two attached hydrogens (primary N) is 6. The number of hydrogen-bond acceptors (Lipinski definition) is 9. The second-order valence-corrected chi connectivity index (χ2v) is 8.70. The number of aliphatic hydroxyl groups is 1. The summed E-state index contributed by atoms with van der Waals surface area (Å²) in [4.78, 5) is 68.4. The number of carbonyl (C=O) groups excluding carboxylic acids is 4. The Morgan fingerprint density at radius 2 is 1.23 bits per heavy atom. The Bertz CT molecular complexity index is 903. The molecule has 4 amide bonds. The maximum Gasteiger partial charge on any atom is 0.326 e. The fourth-order valence-corrected chi connectivity index (χ4v) is 3.16. The molecule has 0 aromatic rings. The van der Waals surface area contributed by atoms with E-state index in [-0.39, 0.29) is 63.5 Å². The minimum atomic E-state index is -1.57. The molecule has 39 heavy (non-hydrogen) atoms. The third-order valence-electron chi connectivity index (χ3n) is 5.24. The van der Waals surface area contributed by atoms with Crippen molar-refractivity contribution in [2.45, 2.75) is 75.7 Å². The summed E-state index contributed by atoms with van der Waals surface area (Å²) < 4.78 is 0. The monoisotopic (exact) mass is 559 g/mol. The van der Waals surface area contributed by atoms with Gasteiger partial charge in [0.25, 0.3) is 0 Å². The van der Waals surface area contributed by atoms with Crippen molar-refractivity contribution in [3.63, 3.8) is 0 Å². The Morgan fingerprint density at radius 3 is 1.67 bits per heavy atom. The van der Waals surface area contributed by atoms with Crippen LogP contribution in [0.2, 0.25) is 0 Å². The highest BCUT2D eigenvalue weighted by molar-refractivity contribution is 5.94. The van der Waals surface area contributed by atoms with Crippen molar-refractivity contribution in [2.75, 3.05) is 13.1 Å². The molecule has 0 heterocycles. The van der Waals surface area contributed by atoms with Crippen molar-refractivity contribution in [3.05, 3.63) is 0 Å². The van der Waals surface area contributed by atoms with Gasteiger partial charge in [0.15, 0.2) is 11.9 Å². The molecule has 0 spiro atoms. The highest BCUT2D eigenvalue weighted by atomic mass is 16.4. The van der Waals surface area contributed by atoms with E-state index in [9.17, 15) is 34.2 Å². The molecule has 222 valence electrons. The van der Waals surface area contributed by atoms with E-state index in [1.165, 1.54) is 6.92 Å². The van der Waals surface area contributed by atoms with Gasteiger partial charge in [-0.15, -0.1) is 0 Å². The number of aliphatic hydroxyl groups excluding tert-OH is 1. The van der Waals surface area contributed by atoms with Gasteiger partial charge in [0.2, 0.25) is 23.6 Å². The molecule has 0 aliphatic rings. The first-order valence-electron chi connectivity index (χ1n) is 12.1. The maximum atomic E-state index is 13.0. The lowest BCUT2D eigenvalue weighted by atomic mass is 10.1. The number of hydrogen-bond donors (Lipinski definition) is 11. The zero-order valence-electron chi connectivity index (χ0n) is 21.8. The molecule has 18 nitrogen and oxygen atoms in total. The van der Waals surface area contributed by atoms with Gasteiger partial charge in [-0.3, -0.25) is 29.2 Å². The summed E-state index contributed by atoms with van der Waals surface area (Å²) in [6.45, 7) is 1.46. The van der Waals surface area contributed by atoms with Gasteiger partial charge < -0.3 is 60.6 Å². The van der Waals surface area contributed by atoms with Crippen molar-refractivity contribution in [1.29, 1.82) is 0 Å². The average molecular weight is 560 g/mol. The van der Waals surface area contributed by atoms with Crippen LogP contribution >= 0.6 is 0 Å². The van der Waals surface area contributed by atoms with Crippen LogP contribution in [0.3, 0.4) is 0 Å². The summed E-state index contributed by atoms with van der Waals surface area (Å²) in [7, 11) is 0. The van der Waals surface area contributed by atoms with Crippen molar-refractivity contribution >= 4 is 41.5 Å². The van der Waals surface area contributed by atoms with Crippen LogP contribution in [-0.4, -0.2) is 95.1 Å². The van der Waals surface area contributed by atoms with Crippen LogP contribution < -0.4 is 50.4 Å². The van der Waals surface area contributed by atoms with E-state index in [0.717, 1.165) is 0 Å². The quantitative estimate of drug-likeness (QED) is 0.0401. The number of amides is 4. The smallest absolute Gasteiger partial charge is 0.326 e. The van der Waals surface area contributed by atoms with Crippen LogP contribution in [0.5, 0.6) is 0 Å². The molecule has 0 aromatic carbocycles. The number of nitrogens with zero attached hydrogens (tertiary/aromatic N) is 2. The highest BCUT2D eigenvalue weighted by Gasteiger charge is 2.32. The number of nitrogens with one attached hydrogen (secondary N) is 3. The number of carbonyl (C=O) groups is 5. The third-order valence-corrected chi connectivity index (χ3v) is 5.24.